The van der Waals surface area contributed by atoms with Gasteiger partial charge in [0.2, 0.25) is 11.8 Å². The Balaban J connectivity index is 2.18. The van der Waals surface area contributed by atoms with Gasteiger partial charge in [-0.15, -0.1) is 11.8 Å². The second-order valence-corrected chi connectivity index (χ2v) is 8.83. The van der Waals surface area contributed by atoms with Crippen LogP contribution in [0.4, 0.5) is 5.69 Å². The third-order valence-electron chi connectivity index (χ3n) is 4.59. The van der Waals surface area contributed by atoms with Crippen LogP contribution in [0, 0.1) is 25.7 Å². The number of benzene rings is 1. The number of rotatable bonds is 5. The SMILES string of the molecule is Cc1ccc(NC(=O)C2CSC(CC(C)C)N2C(=O)C(C)C)cc1C. The second kappa shape index (κ2) is 8.26. The van der Waals surface area contributed by atoms with Gasteiger partial charge in [-0.3, -0.25) is 9.59 Å². The van der Waals surface area contributed by atoms with Crippen LogP contribution < -0.4 is 5.32 Å². The Bertz CT molecular complexity index is 643. The van der Waals surface area contributed by atoms with Crippen LogP contribution in [0.25, 0.3) is 0 Å². The minimum Gasteiger partial charge on any atom is -0.324 e. The highest BCUT2D eigenvalue weighted by Crippen LogP contribution is 2.35. The van der Waals surface area contributed by atoms with E-state index < -0.39 is 6.04 Å². The number of hydrogen-bond donors (Lipinski definition) is 1. The van der Waals surface area contributed by atoms with Crippen molar-refractivity contribution in [1.29, 1.82) is 0 Å². The summed E-state index contributed by atoms with van der Waals surface area (Å²) in [7, 11) is 0. The Hall–Kier alpha value is -1.49. The summed E-state index contributed by atoms with van der Waals surface area (Å²) < 4.78 is 0. The zero-order valence-electron chi connectivity index (χ0n) is 16.1. The van der Waals surface area contributed by atoms with Crippen LogP contribution in [-0.2, 0) is 9.59 Å². The molecular weight excluding hydrogens is 332 g/mol. The zero-order chi connectivity index (χ0) is 18.7. The Labute approximate surface area is 155 Å². The van der Waals surface area contributed by atoms with Crippen LogP contribution in [0.5, 0.6) is 0 Å². The number of thioether (sulfide) groups is 1. The lowest BCUT2D eigenvalue weighted by Gasteiger charge is -2.31. The van der Waals surface area contributed by atoms with Crippen LogP contribution in [0.15, 0.2) is 18.2 Å². The first-order valence-corrected chi connectivity index (χ1v) is 10.1. The standard InChI is InChI=1S/C20H30N2O2S/c1-12(2)9-18-22(20(24)13(3)4)17(11-25-18)19(23)21-16-8-7-14(5)15(6)10-16/h7-8,10,12-13,17-18H,9,11H2,1-6H3,(H,21,23). The molecular formula is C20H30N2O2S. The van der Waals surface area contributed by atoms with E-state index in [1.165, 1.54) is 5.56 Å². The molecule has 1 saturated heterocycles. The maximum absolute atomic E-state index is 12.9. The van der Waals surface area contributed by atoms with Crippen LogP contribution >= 0.6 is 11.8 Å². The van der Waals surface area contributed by atoms with Crippen molar-refractivity contribution in [2.45, 2.75) is 59.4 Å². The lowest BCUT2D eigenvalue weighted by atomic mass is 10.1. The highest BCUT2D eigenvalue weighted by atomic mass is 32.2. The van der Waals surface area contributed by atoms with Crippen molar-refractivity contribution < 1.29 is 9.59 Å². The van der Waals surface area contributed by atoms with Crippen molar-refractivity contribution in [3.8, 4) is 0 Å². The zero-order valence-corrected chi connectivity index (χ0v) is 16.9. The lowest BCUT2D eigenvalue weighted by molar-refractivity contribution is -0.140. The summed E-state index contributed by atoms with van der Waals surface area (Å²) in [4.78, 5) is 27.4. The fourth-order valence-electron chi connectivity index (χ4n) is 2.99. The molecule has 1 N–H and O–H groups in total. The minimum atomic E-state index is -0.398. The molecule has 0 saturated carbocycles. The first-order chi connectivity index (χ1) is 11.7. The van der Waals surface area contributed by atoms with Crippen molar-refractivity contribution >= 4 is 29.3 Å². The average Bonchev–Trinajstić information content (AvgIpc) is 2.92. The third-order valence-corrected chi connectivity index (χ3v) is 5.90. The Morgan fingerprint density at radius 3 is 2.44 bits per heavy atom. The molecule has 1 fully saturated rings. The second-order valence-electron chi connectivity index (χ2n) is 7.62. The molecule has 1 aromatic rings. The molecule has 1 aromatic carbocycles. The molecule has 2 amide bonds. The van der Waals surface area contributed by atoms with Crippen LogP contribution in [0.3, 0.4) is 0 Å². The summed E-state index contributed by atoms with van der Waals surface area (Å²) in [5.41, 5.74) is 3.14. The molecule has 5 heteroatoms. The summed E-state index contributed by atoms with van der Waals surface area (Å²) in [5.74, 6) is 1.02. The number of hydrogen-bond acceptors (Lipinski definition) is 3. The highest BCUT2D eigenvalue weighted by Gasteiger charge is 2.42. The first kappa shape index (κ1) is 19.8. The Kier molecular flexibility index (Phi) is 6.55. The normalized spacial score (nSPS) is 20.4. The van der Waals surface area contributed by atoms with E-state index in [0.29, 0.717) is 11.7 Å². The Morgan fingerprint density at radius 1 is 1.20 bits per heavy atom. The molecule has 1 aliphatic heterocycles. The van der Waals surface area contributed by atoms with Gasteiger partial charge in [-0.2, -0.15) is 0 Å². The molecule has 1 aliphatic rings. The maximum atomic E-state index is 12.9. The van der Waals surface area contributed by atoms with Gasteiger partial charge in [-0.25, -0.2) is 0 Å². The van der Waals surface area contributed by atoms with Crippen molar-refractivity contribution in [3.63, 3.8) is 0 Å². The quantitative estimate of drug-likeness (QED) is 0.853. The van der Waals surface area contributed by atoms with Gasteiger partial charge in [0.25, 0.3) is 0 Å². The highest BCUT2D eigenvalue weighted by molar-refractivity contribution is 8.00. The molecule has 138 valence electrons. The van der Waals surface area contributed by atoms with E-state index in [9.17, 15) is 9.59 Å². The number of amides is 2. The van der Waals surface area contributed by atoms with Gasteiger partial charge >= 0.3 is 0 Å². The topological polar surface area (TPSA) is 49.4 Å². The fraction of sp³-hybridized carbons (Fsp3) is 0.600. The summed E-state index contributed by atoms with van der Waals surface area (Å²) in [5, 5.41) is 3.09. The molecule has 2 rings (SSSR count). The monoisotopic (exact) mass is 362 g/mol. The van der Waals surface area contributed by atoms with Crippen molar-refractivity contribution in [2.24, 2.45) is 11.8 Å². The van der Waals surface area contributed by atoms with E-state index in [-0.39, 0.29) is 23.1 Å². The van der Waals surface area contributed by atoms with E-state index in [2.05, 4.69) is 19.2 Å². The van der Waals surface area contributed by atoms with E-state index in [4.69, 9.17) is 0 Å². The number of aryl methyl sites for hydroxylation is 2. The van der Waals surface area contributed by atoms with Gasteiger partial charge in [0.05, 0.1) is 5.37 Å². The minimum absolute atomic E-state index is 0.0656. The van der Waals surface area contributed by atoms with Gasteiger partial charge in [0.15, 0.2) is 0 Å². The van der Waals surface area contributed by atoms with Crippen molar-refractivity contribution in [3.05, 3.63) is 29.3 Å². The summed E-state index contributed by atoms with van der Waals surface area (Å²) in [6.07, 6.45) is 0.913. The maximum Gasteiger partial charge on any atom is 0.248 e. The molecule has 4 nitrogen and oxygen atoms in total. The molecule has 2 atom stereocenters. The number of nitrogens with one attached hydrogen (secondary N) is 1. The van der Waals surface area contributed by atoms with Gasteiger partial charge in [-0.1, -0.05) is 33.8 Å². The van der Waals surface area contributed by atoms with E-state index >= 15 is 0 Å². The summed E-state index contributed by atoms with van der Waals surface area (Å²) in [6, 6.07) is 5.51. The largest absolute Gasteiger partial charge is 0.324 e. The van der Waals surface area contributed by atoms with E-state index in [1.54, 1.807) is 11.8 Å². The van der Waals surface area contributed by atoms with Crippen molar-refractivity contribution in [1.82, 2.24) is 4.90 Å². The first-order valence-electron chi connectivity index (χ1n) is 9.02. The van der Waals surface area contributed by atoms with Crippen LogP contribution in [-0.4, -0.2) is 33.9 Å². The van der Waals surface area contributed by atoms with Crippen molar-refractivity contribution in [2.75, 3.05) is 11.1 Å². The number of anilines is 1. The van der Waals surface area contributed by atoms with Gasteiger partial charge in [-0.05, 0) is 49.4 Å². The summed E-state index contributed by atoms with van der Waals surface area (Å²) in [6.45, 7) is 12.2. The van der Waals surface area contributed by atoms with Gasteiger partial charge < -0.3 is 10.2 Å². The molecule has 1 heterocycles. The predicted molar refractivity (Wildman–Crippen MR) is 106 cm³/mol. The number of nitrogens with zero attached hydrogens (tertiary/aromatic N) is 1. The summed E-state index contributed by atoms with van der Waals surface area (Å²) >= 11 is 1.72. The number of carbonyl (C=O) groups is 2. The van der Waals surface area contributed by atoms with Gasteiger partial charge in [0, 0.05) is 17.4 Å². The predicted octanol–water partition coefficient (Wildman–Crippen LogP) is 4.21. The molecule has 25 heavy (non-hydrogen) atoms. The smallest absolute Gasteiger partial charge is 0.248 e. The lowest BCUT2D eigenvalue weighted by Crippen LogP contribution is -2.49. The van der Waals surface area contributed by atoms with Gasteiger partial charge in [0.1, 0.15) is 6.04 Å². The van der Waals surface area contributed by atoms with E-state index in [1.807, 2.05) is 50.8 Å². The van der Waals surface area contributed by atoms with Crippen LogP contribution in [0.1, 0.15) is 45.2 Å². The molecule has 0 aromatic heterocycles. The van der Waals surface area contributed by atoms with Crippen LogP contribution in [0.2, 0.25) is 0 Å². The fourth-order valence-corrected chi connectivity index (χ4v) is 4.64. The molecule has 2 unspecified atom stereocenters. The third kappa shape index (κ3) is 4.78. The molecule has 0 radical (unpaired) electrons. The number of carbonyl (C=O) groups excluding carboxylic acids is 2. The Morgan fingerprint density at radius 2 is 1.88 bits per heavy atom. The molecule has 0 bridgehead atoms. The average molecular weight is 363 g/mol. The molecule has 0 aliphatic carbocycles. The van der Waals surface area contributed by atoms with E-state index in [0.717, 1.165) is 17.7 Å². The molecule has 0 spiro atoms.